The van der Waals surface area contributed by atoms with E-state index in [1.807, 2.05) is 6.92 Å². The fourth-order valence-corrected chi connectivity index (χ4v) is 2.35. The van der Waals surface area contributed by atoms with Crippen molar-refractivity contribution in [1.82, 2.24) is 0 Å². The van der Waals surface area contributed by atoms with Gasteiger partial charge in [0.15, 0.2) is 6.10 Å². The van der Waals surface area contributed by atoms with Crippen LogP contribution in [0.2, 0.25) is 0 Å². The fraction of sp³-hybridized carbons (Fsp3) is 0.889. The first-order valence-corrected chi connectivity index (χ1v) is 5.96. The molecule has 1 rings (SSSR count). The number of carbonyl (C=O) groups excluding carboxylic acids is 1. The normalized spacial score (nSPS) is 33.2. The van der Waals surface area contributed by atoms with E-state index in [0.717, 1.165) is 7.11 Å². The van der Waals surface area contributed by atoms with Gasteiger partial charge in [-0.25, -0.2) is 4.79 Å². The van der Waals surface area contributed by atoms with Gasteiger partial charge in [0, 0.05) is 132 Å². The van der Waals surface area contributed by atoms with Crippen LogP contribution < -0.4 is 0 Å². The van der Waals surface area contributed by atoms with E-state index >= 15 is 0 Å². The minimum absolute atomic E-state index is 0. The number of thioether (sulfide) groups is 1. The number of rotatable bonds is 3. The van der Waals surface area contributed by atoms with Gasteiger partial charge in [-0.2, -0.15) is 0 Å². The van der Waals surface area contributed by atoms with Gasteiger partial charge in [0.05, 0.1) is 7.11 Å². The molecule has 0 bridgehead atoms. The van der Waals surface area contributed by atoms with Crippen LogP contribution in [-0.4, -0.2) is 64.0 Å². The Labute approximate surface area is 224 Å². The van der Waals surface area contributed by atoms with Crippen LogP contribution in [0.1, 0.15) is 6.92 Å². The molecule has 0 aromatic carbocycles. The Morgan fingerprint density at radius 3 is 2.11 bits per heavy atom. The molecule has 1 unspecified atom stereocenters. The smallest absolute Gasteiger partial charge is 0.337 e. The maximum absolute atomic E-state index is 11.3. The van der Waals surface area contributed by atoms with Crippen molar-refractivity contribution in [2.75, 3.05) is 12.9 Å². The zero-order valence-electron chi connectivity index (χ0n) is 10.8. The van der Waals surface area contributed by atoms with Crippen molar-refractivity contribution >= 4 is 17.7 Å². The molecule has 3 N–H and O–H groups in total. The van der Waals surface area contributed by atoms with E-state index in [1.54, 1.807) is 0 Å². The summed E-state index contributed by atoms with van der Waals surface area (Å²) >= 11 is 1.25. The molecule has 6 nitrogen and oxygen atoms in total. The van der Waals surface area contributed by atoms with Gasteiger partial charge in [-0.1, -0.05) is 6.92 Å². The second-order valence-electron chi connectivity index (χ2n) is 3.38. The molecule has 19 heavy (non-hydrogen) atoms. The Bertz CT molecular complexity index is 260. The van der Waals surface area contributed by atoms with Crippen LogP contribution in [0.15, 0.2) is 0 Å². The first-order valence-electron chi connectivity index (χ1n) is 4.92. The number of aliphatic hydroxyl groups is 3. The first kappa shape index (κ1) is 27.8. The Hall–Kier alpha value is 3.98. The Morgan fingerprint density at radius 1 is 1.16 bits per heavy atom. The van der Waals surface area contributed by atoms with Crippen LogP contribution in [-0.2, 0) is 14.3 Å². The minimum atomic E-state index is -1.48. The van der Waals surface area contributed by atoms with E-state index in [9.17, 15) is 20.1 Å². The Kier molecular flexibility index (Phi) is 21.0. The van der Waals surface area contributed by atoms with E-state index < -0.39 is 35.8 Å². The standard InChI is InChI=1S/C9H16O6S.3Ac/c1-3-16-9-6(12)4(10)5(11)7(15-9)8(13)14-2;;;/h4-7,9-12H,3H2,1-2H3;;;/t4-,5-,6+,7-,9?;;;/m0.../s1. The van der Waals surface area contributed by atoms with Crippen molar-refractivity contribution in [3.63, 3.8) is 0 Å². The van der Waals surface area contributed by atoms with Gasteiger partial charge < -0.3 is 24.8 Å². The van der Waals surface area contributed by atoms with Crippen LogP contribution in [0.4, 0.5) is 0 Å². The molecule has 0 spiro atoms. The van der Waals surface area contributed by atoms with Crippen LogP contribution in [0.25, 0.3) is 0 Å². The molecule has 103 valence electrons. The van der Waals surface area contributed by atoms with Gasteiger partial charge >= 0.3 is 5.97 Å². The average Bonchev–Trinajstić information content (AvgIpc) is 2.29. The van der Waals surface area contributed by atoms with Crippen molar-refractivity contribution in [1.29, 1.82) is 0 Å². The number of hydrogen-bond donors (Lipinski definition) is 3. The summed E-state index contributed by atoms with van der Waals surface area (Å²) in [6, 6.07) is 0. The Morgan fingerprint density at radius 2 is 1.68 bits per heavy atom. The molecular weight excluding hydrogens is 917 g/mol. The number of methoxy groups -OCH3 is 1. The first-order chi connectivity index (χ1) is 7.52. The summed E-state index contributed by atoms with van der Waals surface area (Å²) in [6.45, 7) is 1.85. The third kappa shape index (κ3) is 8.07. The van der Waals surface area contributed by atoms with Crippen LogP contribution in [0, 0.1) is 132 Å². The van der Waals surface area contributed by atoms with Crippen LogP contribution in [0.5, 0.6) is 0 Å². The molecule has 1 aliphatic heterocycles. The quantitative estimate of drug-likeness (QED) is 0.304. The molecule has 1 heterocycles. The molecule has 0 saturated carbocycles. The van der Waals surface area contributed by atoms with Gasteiger partial charge in [-0.05, 0) is 5.75 Å². The Balaban J connectivity index is -0.000000853. The zero-order chi connectivity index (χ0) is 12.3. The number of hydrogen-bond acceptors (Lipinski definition) is 7. The topological polar surface area (TPSA) is 96.2 Å². The van der Waals surface area contributed by atoms with Crippen molar-refractivity contribution in [3.05, 3.63) is 0 Å². The number of carbonyl (C=O) groups is 1. The second kappa shape index (κ2) is 14.3. The summed E-state index contributed by atoms with van der Waals surface area (Å²) in [5.74, 6) is -0.113. The van der Waals surface area contributed by atoms with Crippen molar-refractivity contribution in [3.8, 4) is 0 Å². The fourth-order valence-electron chi connectivity index (χ4n) is 1.46. The molecule has 0 aromatic rings. The van der Waals surface area contributed by atoms with Crippen molar-refractivity contribution in [2.45, 2.75) is 36.8 Å². The number of aliphatic hydroxyl groups excluding tert-OH is 3. The van der Waals surface area contributed by atoms with Crippen molar-refractivity contribution < 1.29 is 162 Å². The summed E-state index contributed by atoms with van der Waals surface area (Å²) in [7, 11) is 1.16. The van der Waals surface area contributed by atoms with Crippen molar-refractivity contribution in [2.24, 2.45) is 0 Å². The third-order valence-corrected chi connectivity index (χ3v) is 3.39. The molecule has 10 heteroatoms. The van der Waals surface area contributed by atoms with E-state index in [0.29, 0.717) is 5.75 Å². The summed E-state index contributed by atoms with van der Waals surface area (Å²) < 4.78 is 9.65. The molecule has 1 saturated heterocycles. The van der Waals surface area contributed by atoms with E-state index in [2.05, 4.69) is 4.74 Å². The molecular formula is C9H16Ac3O6S. The summed E-state index contributed by atoms with van der Waals surface area (Å²) in [6.07, 6.45) is -5.37. The van der Waals surface area contributed by atoms with Gasteiger partial charge in [0.1, 0.15) is 23.7 Å². The molecule has 1 aliphatic rings. The summed E-state index contributed by atoms with van der Waals surface area (Å²) in [4.78, 5) is 11.3. The monoisotopic (exact) mass is 933 g/mol. The molecule has 5 atom stereocenters. The third-order valence-electron chi connectivity index (χ3n) is 2.33. The van der Waals surface area contributed by atoms with Crippen LogP contribution in [0.3, 0.4) is 0 Å². The van der Waals surface area contributed by atoms with Gasteiger partial charge in [0.2, 0.25) is 0 Å². The average molecular weight is 933 g/mol. The SMILES string of the molecule is CCSC1O[C@H](C(=O)OC)[C@@H](O)[C@H](O)[C@H]1O.[Ac].[Ac].[Ac]. The largest absolute Gasteiger partial charge is 0.467 e. The van der Waals surface area contributed by atoms with E-state index in [1.165, 1.54) is 11.8 Å². The molecule has 3 radical (unpaired) electrons. The number of ether oxygens (including phenoxy) is 2. The summed E-state index contributed by atoms with van der Waals surface area (Å²) in [5.41, 5.74) is -0.743. The van der Waals surface area contributed by atoms with Crippen LogP contribution >= 0.6 is 11.8 Å². The maximum Gasteiger partial charge on any atom is 0.337 e. The summed E-state index contributed by atoms with van der Waals surface area (Å²) in [5, 5.41) is 28.7. The predicted molar refractivity (Wildman–Crippen MR) is 56.8 cm³/mol. The predicted octanol–water partition coefficient (Wildman–Crippen LogP) is -1.28. The molecule has 1 fully saturated rings. The molecule has 0 aromatic heterocycles. The minimum Gasteiger partial charge on any atom is -0.467 e. The maximum atomic E-state index is 11.3. The zero-order valence-corrected chi connectivity index (χ0v) is 25.9. The van der Waals surface area contributed by atoms with Gasteiger partial charge in [-0.15, -0.1) is 11.8 Å². The molecule has 0 amide bonds. The second-order valence-corrected chi connectivity index (χ2v) is 4.75. The molecule has 0 aliphatic carbocycles. The van der Waals surface area contributed by atoms with E-state index in [4.69, 9.17) is 4.74 Å². The van der Waals surface area contributed by atoms with Gasteiger partial charge in [-0.3, -0.25) is 0 Å². The number of esters is 1. The van der Waals surface area contributed by atoms with Gasteiger partial charge in [0.25, 0.3) is 0 Å². The van der Waals surface area contributed by atoms with E-state index in [-0.39, 0.29) is 132 Å².